The van der Waals surface area contributed by atoms with E-state index in [4.69, 9.17) is 0 Å². The van der Waals surface area contributed by atoms with Crippen molar-refractivity contribution in [3.8, 4) is 0 Å². The number of benzene rings is 2. The molecule has 0 aliphatic heterocycles. The van der Waals surface area contributed by atoms with Crippen molar-refractivity contribution in [1.29, 1.82) is 0 Å². The smallest absolute Gasteiger partial charge is 0.326 e. The van der Waals surface area contributed by atoms with Gasteiger partial charge in [0.05, 0.1) is 10.6 Å². The van der Waals surface area contributed by atoms with E-state index in [0.717, 1.165) is 4.31 Å². The highest BCUT2D eigenvalue weighted by atomic mass is 32.1. The highest BCUT2D eigenvalue weighted by Crippen LogP contribution is 2.25. The fraction of sp³-hybridized carbons (Fsp3) is 0.0667. The number of rotatable bonds is 4. The van der Waals surface area contributed by atoms with Crippen molar-refractivity contribution in [3.63, 3.8) is 0 Å². The van der Waals surface area contributed by atoms with Crippen LogP contribution in [0.15, 0.2) is 48.5 Å². The zero-order valence-corrected chi connectivity index (χ0v) is 13.5. The molecule has 0 fully saturated rings. The summed E-state index contributed by atoms with van der Waals surface area (Å²) in [4.78, 5) is 33.5. The molecule has 2 N–H and O–H groups in total. The van der Waals surface area contributed by atoms with Crippen molar-refractivity contribution < 1.29 is 14.5 Å². The van der Waals surface area contributed by atoms with E-state index in [2.05, 4.69) is 23.4 Å². The molecule has 0 aliphatic rings. The number of hydrogen-bond donors (Lipinski definition) is 3. The van der Waals surface area contributed by atoms with Crippen LogP contribution < -0.4 is 14.9 Å². The van der Waals surface area contributed by atoms with E-state index >= 15 is 0 Å². The first-order valence-corrected chi connectivity index (χ1v) is 7.19. The van der Waals surface area contributed by atoms with Gasteiger partial charge in [-0.1, -0.05) is 24.9 Å². The lowest BCUT2D eigenvalue weighted by Crippen LogP contribution is -2.27. The molecule has 0 saturated heterocycles. The maximum absolute atomic E-state index is 12.2. The summed E-state index contributed by atoms with van der Waals surface area (Å²) >= 11 is 4.10. The molecule has 2 aromatic carbocycles. The zero-order chi connectivity index (χ0) is 17.7. The molecule has 0 unspecified atom stereocenters. The Morgan fingerprint density at radius 3 is 2.29 bits per heavy atom. The lowest BCUT2D eigenvalue weighted by atomic mass is 10.2. The molecule has 0 radical (unpaired) electrons. The van der Waals surface area contributed by atoms with Gasteiger partial charge < -0.3 is 10.6 Å². The lowest BCUT2D eigenvalue weighted by molar-refractivity contribution is -0.383. The number of urea groups is 1. The van der Waals surface area contributed by atoms with Crippen LogP contribution in [0.5, 0.6) is 0 Å². The fourth-order valence-electron chi connectivity index (χ4n) is 1.91. The van der Waals surface area contributed by atoms with Crippen LogP contribution in [0.25, 0.3) is 0 Å². The molecule has 124 valence electrons. The number of nitrogens with one attached hydrogen (secondary N) is 2. The molecule has 0 bridgehead atoms. The molecule has 0 aromatic heterocycles. The Bertz CT molecular complexity index is 779. The average Bonchev–Trinajstić information content (AvgIpc) is 2.54. The number of nitrogens with zero attached hydrogens (tertiary/aromatic N) is 2. The SMILES string of the molecule is CC(=O)Nc1ccc(N(S)C(=O)Nc2ccccc2[N+](=O)[O-])cc1. The largest absolute Gasteiger partial charge is 0.336 e. The molecular weight excluding hydrogens is 332 g/mol. The van der Waals surface area contributed by atoms with Crippen molar-refractivity contribution in [1.82, 2.24) is 0 Å². The van der Waals surface area contributed by atoms with Crippen LogP contribution in [-0.4, -0.2) is 16.9 Å². The molecule has 2 rings (SSSR count). The van der Waals surface area contributed by atoms with Crippen molar-refractivity contribution in [3.05, 3.63) is 58.6 Å². The van der Waals surface area contributed by atoms with Gasteiger partial charge >= 0.3 is 6.03 Å². The highest BCUT2D eigenvalue weighted by Gasteiger charge is 2.18. The van der Waals surface area contributed by atoms with Crippen LogP contribution in [0.2, 0.25) is 0 Å². The number of nitro benzene ring substituents is 1. The minimum atomic E-state index is -0.653. The third kappa shape index (κ3) is 4.23. The Morgan fingerprint density at radius 1 is 1.08 bits per heavy atom. The van der Waals surface area contributed by atoms with Crippen LogP contribution in [0.3, 0.4) is 0 Å². The molecule has 0 atom stereocenters. The third-order valence-electron chi connectivity index (χ3n) is 2.97. The Labute approximate surface area is 143 Å². The van der Waals surface area contributed by atoms with E-state index in [9.17, 15) is 19.7 Å². The van der Waals surface area contributed by atoms with Gasteiger partial charge in [-0.25, -0.2) is 9.10 Å². The zero-order valence-electron chi connectivity index (χ0n) is 12.6. The standard InChI is InChI=1S/C15H14N4O4S/c1-10(20)16-11-6-8-12(9-7-11)18(24)15(21)17-13-4-2-3-5-14(13)19(22)23/h2-9,24H,1H3,(H,16,20)(H,17,21). The van der Waals surface area contributed by atoms with Gasteiger partial charge in [-0.2, -0.15) is 0 Å². The van der Waals surface area contributed by atoms with E-state index in [1.165, 1.54) is 25.1 Å². The molecule has 0 saturated carbocycles. The van der Waals surface area contributed by atoms with Crippen LogP contribution in [0, 0.1) is 10.1 Å². The summed E-state index contributed by atoms with van der Waals surface area (Å²) in [7, 11) is 0. The number of nitro groups is 1. The summed E-state index contributed by atoms with van der Waals surface area (Å²) in [6.07, 6.45) is 0. The van der Waals surface area contributed by atoms with Gasteiger partial charge in [-0.05, 0) is 30.3 Å². The van der Waals surface area contributed by atoms with Gasteiger partial charge in [0.1, 0.15) is 5.69 Å². The molecule has 0 heterocycles. The van der Waals surface area contributed by atoms with Crippen molar-refractivity contribution in [2.75, 3.05) is 14.9 Å². The number of thiol groups is 1. The fourth-order valence-corrected chi connectivity index (χ4v) is 2.10. The van der Waals surface area contributed by atoms with Gasteiger partial charge in [0.15, 0.2) is 0 Å². The Hall–Kier alpha value is -3.07. The maximum Gasteiger partial charge on any atom is 0.336 e. The second-order valence-corrected chi connectivity index (χ2v) is 5.14. The van der Waals surface area contributed by atoms with Crippen LogP contribution in [0.1, 0.15) is 6.92 Å². The predicted molar refractivity (Wildman–Crippen MR) is 94.3 cm³/mol. The molecule has 24 heavy (non-hydrogen) atoms. The Morgan fingerprint density at radius 2 is 1.71 bits per heavy atom. The molecule has 9 heteroatoms. The number of para-hydroxylation sites is 2. The second kappa shape index (κ2) is 7.47. The summed E-state index contributed by atoms with van der Waals surface area (Å²) in [5.74, 6) is -0.209. The van der Waals surface area contributed by atoms with Crippen LogP contribution in [-0.2, 0) is 4.79 Å². The van der Waals surface area contributed by atoms with Gasteiger partial charge in [0, 0.05) is 18.7 Å². The van der Waals surface area contributed by atoms with E-state index < -0.39 is 11.0 Å². The normalized spacial score (nSPS) is 9.92. The first kappa shape index (κ1) is 17.3. The second-order valence-electron chi connectivity index (χ2n) is 4.74. The molecule has 3 amide bonds. The third-order valence-corrected chi connectivity index (χ3v) is 3.38. The summed E-state index contributed by atoms with van der Waals surface area (Å²) in [6, 6.07) is 11.5. The van der Waals surface area contributed by atoms with Crippen LogP contribution in [0.4, 0.5) is 27.5 Å². The van der Waals surface area contributed by atoms with Gasteiger partial charge in [-0.15, -0.1) is 0 Å². The molecule has 8 nitrogen and oxygen atoms in total. The van der Waals surface area contributed by atoms with Crippen molar-refractivity contribution >= 4 is 47.5 Å². The van der Waals surface area contributed by atoms with E-state index in [0.29, 0.717) is 11.4 Å². The lowest BCUT2D eigenvalue weighted by Gasteiger charge is -2.17. The molecule has 0 spiro atoms. The summed E-state index contributed by atoms with van der Waals surface area (Å²) in [6.45, 7) is 1.39. The number of amides is 3. The average molecular weight is 346 g/mol. The molecule has 0 aliphatic carbocycles. The number of hydrogen-bond acceptors (Lipinski definition) is 5. The first-order chi connectivity index (χ1) is 11.4. The van der Waals surface area contributed by atoms with Crippen molar-refractivity contribution in [2.24, 2.45) is 0 Å². The minimum Gasteiger partial charge on any atom is -0.326 e. The number of carbonyl (C=O) groups is 2. The van der Waals surface area contributed by atoms with Crippen LogP contribution >= 0.6 is 12.8 Å². The molecular formula is C15H14N4O4S. The minimum absolute atomic E-state index is 0.0708. The van der Waals surface area contributed by atoms with E-state index in [-0.39, 0.29) is 17.3 Å². The van der Waals surface area contributed by atoms with E-state index in [1.54, 1.807) is 30.3 Å². The summed E-state index contributed by atoms with van der Waals surface area (Å²) in [5.41, 5.74) is 0.866. The topological polar surface area (TPSA) is 105 Å². The number of anilines is 3. The predicted octanol–water partition coefficient (Wildman–Crippen LogP) is 3.44. The van der Waals surface area contributed by atoms with Crippen molar-refractivity contribution in [2.45, 2.75) is 6.92 Å². The van der Waals surface area contributed by atoms with Gasteiger partial charge in [-0.3, -0.25) is 14.9 Å². The Kier molecular flexibility index (Phi) is 5.38. The monoisotopic (exact) mass is 346 g/mol. The maximum atomic E-state index is 12.2. The Balaban J connectivity index is 2.12. The quantitative estimate of drug-likeness (QED) is 0.448. The van der Waals surface area contributed by atoms with E-state index in [1.807, 2.05) is 0 Å². The number of carbonyl (C=O) groups excluding carboxylic acids is 2. The summed E-state index contributed by atoms with van der Waals surface area (Å²) in [5, 5.41) is 16.0. The van der Waals surface area contributed by atoms with Gasteiger partial charge in [0.2, 0.25) is 5.91 Å². The highest BCUT2D eigenvalue weighted by molar-refractivity contribution is 7.82. The first-order valence-electron chi connectivity index (χ1n) is 6.79. The summed E-state index contributed by atoms with van der Waals surface area (Å²) < 4.78 is 1.01. The molecule has 2 aromatic rings. The van der Waals surface area contributed by atoms with Gasteiger partial charge in [0.25, 0.3) is 5.69 Å².